The van der Waals surface area contributed by atoms with Gasteiger partial charge in [0.1, 0.15) is 6.79 Å². The van der Waals surface area contributed by atoms with E-state index in [2.05, 4.69) is 0 Å². The summed E-state index contributed by atoms with van der Waals surface area (Å²) in [6, 6.07) is 4.21. The molecule has 0 saturated heterocycles. The second-order valence-corrected chi connectivity index (χ2v) is 1.83. The quantitative estimate of drug-likeness (QED) is 0.478. The van der Waals surface area contributed by atoms with Gasteiger partial charge in [-0.3, -0.25) is 4.79 Å². The lowest BCUT2D eigenvalue weighted by atomic mass is 10.2. The van der Waals surface area contributed by atoms with Crippen LogP contribution in [-0.4, -0.2) is 23.3 Å². The van der Waals surface area contributed by atoms with Crippen molar-refractivity contribution in [2.24, 2.45) is 0 Å². The minimum atomic E-state index is -0.363. The molecule has 1 aromatic rings. The monoisotopic (exact) mass is 168 g/mol. The number of benzene rings is 1. The number of aromatic hydroxyl groups is 2. The zero-order valence-electron chi connectivity index (χ0n) is 6.23. The van der Waals surface area contributed by atoms with Crippen molar-refractivity contribution in [3.8, 4) is 11.5 Å². The van der Waals surface area contributed by atoms with Gasteiger partial charge < -0.3 is 15.0 Å². The van der Waals surface area contributed by atoms with Gasteiger partial charge >= 0.3 is 0 Å². The average molecular weight is 168 g/mol. The molecule has 0 aliphatic carbocycles. The second kappa shape index (κ2) is 4.90. The Labute approximate surface area is 69.1 Å². The van der Waals surface area contributed by atoms with Gasteiger partial charge in [-0.1, -0.05) is 6.07 Å². The molecule has 1 aromatic carbocycles. The summed E-state index contributed by atoms with van der Waals surface area (Å²) >= 11 is 0. The number of carbonyl (C=O) groups excluding carboxylic acids is 2. The van der Waals surface area contributed by atoms with E-state index in [-0.39, 0.29) is 17.1 Å². The predicted molar refractivity (Wildman–Crippen MR) is 42.3 cm³/mol. The molecule has 4 nitrogen and oxygen atoms in total. The number of hydrogen-bond acceptors (Lipinski definition) is 4. The normalized spacial score (nSPS) is 8.00. The van der Waals surface area contributed by atoms with E-state index in [0.29, 0.717) is 6.29 Å². The molecule has 0 atom stereocenters. The molecule has 0 amide bonds. The van der Waals surface area contributed by atoms with E-state index in [9.17, 15) is 4.79 Å². The number of phenolic OH excluding ortho intramolecular Hbond substituents is 2. The zero-order valence-corrected chi connectivity index (χ0v) is 6.23. The van der Waals surface area contributed by atoms with Gasteiger partial charge in [-0.2, -0.15) is 0 Å². The first kappa shape index (κ1) is 10.2. The molecule has 64 valence electrons. The molecule has 0 spiro atoms. The topological polar surface area (TPSA) is 74.6 Å². The first-order chi connectivity index (χ1) is 5.75. The Balaban J connectivity index is 0.000000561. The van der Waals surface area contributed by atoms with Gasteiger partial charge in [0.2, 0.25) is 0 Å². The van der Waals surface area contributed by atoms with Crippen molar-refractivity contribution in [1.29, 1.82) is 0 Å². The highest BCUT2D eigenvalue weighted by Gasteiger charge is 2.02. The number of carbonyl (C=O) groups is 2. The maximum Gasteiger partial charge on any atom is 0.168 e. The summed E-state index contributed by atoms with van der Waals surface area (Å²) in [5, 5.41) is 17.7. The van der Waals surface area contributed by atoms with Gasteiger partial charge in [0.05, 0.1) is 5.56 Å². The molecule has 4 heteroatoms. The fourth-order valence-electron chi connectivity index (χ4n) is 0.644. The molecule has 2 N–H and O–H groups in total. The molecular formula is C8H8O4. The van der Waals surface area contributed by atoms with Crippen LogP contribution in [0.4, 0.5) is 0 Å². The number of phenols is 2. The summed E-state index contributed by atoms with van der Waals surface area (Å²) in [5.74, 6) is -0.637. The van der Waals surface area contributed by atoms with Crippen LogP contribution in [0.3, 0.4) is 0 Å². The summed E-state index contributed by atoms with van der Waals surface area (Å²) in [7, 11) is 0. The van der Waals surface area contributed by atoms with Crippen LogP contribution in [0, 0.1) is 0 Å². The molecule has 0 fully saturated rings. The summed E-state index contributed by atoms with van der Waals surface area (Å²) < 4.78 is 0. The first-order valence-corrected chi connectivity index (χ1v) is 3.00. The SMILES string of the molecule is C=O.O=Cc1cccc(O)c1O. The third-order valence-corrected chi connectivity index (χ3v) is 1.17. The van der Waals surface area contributed by atoms with Gasteiger partial charge in [0.25, 0.3) is 0 Å². The molecular weight excluding hydrogens is 160 g/mol. The first-order valence-electron chi connectivity index (χ1n) is 3.00. The third kappa shape index (κ3) is 2.09. The van der Waals surface area contributed by atoms with Gasteiger partial charge in [-0.05, 0) is 12.1 Å². The zero-order chi connectivity index (χ0) is 9.56. The van der Waals surface area contributed by atoms with Crippen molar-refractivity contribution < 1.29 is 19.8 Å². The van der Waals surface area contributed by atoms with Gasteiger partial charge in [0, 0.05) is 0 Å². The predicted octanol–water partition coefficient (Wildman–Crippen LogP) is 0.725. The van der Waals surface area contributed by atoms with Gasteiger partial charge in [0.15, 0.2) is 17.8 Å². The van der Waals surface area contributed by atoms with E-state index in [4.69, 9.17) is 15.0 Å². The Morgan fingerprint density at radius 1 is 1.25 bits per heavy atom. The van der Waals surface area contributed by atoms with Crippen LogP contribution in [0.5, 0.6) is 11.5 Å². The molecule has 0 radical (unpaired) electrons. The summed E-state index contributed by atoms with van der Waals surface area (Å²) in [4.78, 5) is 18.1. The molecule has 0 heterocycles. The van der Waals surface area contributed by atoms with Crippen molar-refractivity contribution in [2.75, 3.05) is 0 Å². The summed E-state index contributed by atoms with van der Waals surface area (Å²) in [5.41, 5.74) is 0.0972. The van der Waals surface area contributed by atoms with Crippen molar-refractivity contribution in [2.45, 2.75) is 0 Å². The lowest BCUT2D eigenvalue weighted by Crippen LogP contribution is -1.79. The molecule has 0 aromatic heterocycles. The maximum atomic E-state index is 10.1. The Hall–Kier alpha value is -1.84. The molecule has 0 aliphatic heterocycles. The number of para-hydroxylation sites is 1. The van der Waals surface area contributed by atoms with E-state index in [0.717, 1.165) is 0 Å². The Morgan fingerprint density at radius 2 is 1.83 bits per heavy atom. The van der Waals surface area contributed by atoms with E-state index in [1.54, 1.807) is 0 Å². The van der Waals surface area contributed by atoms with Crippen LogP contribution in [0.25, 0.3) is 0 Å². The van der Waals surface area contributed by atoms with Crippen LogP contribution in [0.2, 0.25) is 0 Å². The molecule has 0 bridgehead atoms. The van der Waals surface area contributed by atoms with Crippen LogP contribution in [-0.2, 0) is 4.79 Å². The molecule has 12 heavy (non-hydrogen) atoms. The minimum Gasteiger partial charge on any atom is -0.504 e. The fraction of sp³-hybridized carbons (Fsp3) is 0. The third-order valence-electron chi connectivity index (χ3n) is 1.17. The number of rotatable bonds is 1. The molecule has 0 unspecified atom stereocenters. The van der Waals surface area contributed by atoms with Crippen molar-refractivity contribution in [3.05, 3.63) is 23.8 Å². The van der Waals surface area contributed by atoms with Crippen LogP contribution >= 0.6 is 0 Å². The van der Waals surface area contributed by atoms with Crippen molar-refractivity contribution >= 4 is 13.1 Å². The largest absolute Gasteiger partial charge is 0.504 e. The van der Waals surface area contributed by atoms with Crippen molar-refractivity contribution in [3.63, 3.8) is 0 Å². The van der Waals surface area contributed by atoms with Crippen LogP contribution < -0.4 is 0 Å². The molecule has 1 rings (SSSR count). The smallest absolute Gasteiger partial charge is 0.168 e. The second-order valence-electron chi connectivity index (χ2n) is 1.83. The molecule has 0 saturated carbocycles. The Kier molecular flexibility index (Phi) is 4.15. The number of hydrogen-bond donors (Lipinski definition) is 2. The lowest BCUT2D eigenvalue weighted by Gasteiger charge is -1.97. The fourth-order valence-corrected chi connectivity index (χ4v) is 0.644. The minimum absolute atomic E-state index is 0.0972. The summed E-state index contributed by atoms with van der Waals surface area (Å²) in [6.07, 6.45) is 0.481. The Bertz CT molecular complexity index is 270. The highest BCUT2D eigenvalue weighted by Crippen LogP contribution is 2.26. The Morgan fingerprint density at radius 3 is 2.25 bits per heavy atom. The van der Waals surface area contributed by atoms with E-state index < -0.39 is 0 Å². The van der Waals surface area contributed by atoms with Crippen molar-refractivity contribution in [1.82, 2.24) is 0 Å². The van der Waals surface area contributed by atoms with Gasteiger partial charge in [-0.15, -0.1) is 0 Å². The van der Waals surface area contributed by atoms with Crippen LogP contribution in [0.1, 0.15) is 10.4 Å². The highest BCUT2D eigenvalue weighted by atomic mass is 16.3. The highest BCUT2D eigenvalue weighted by molar-refractivity contribution is 5.80. The van der Waals surface area contributed by atoms with Gasteiger partial charge in [-0.25, -0.2) is 0 Å². The number of aldehydes is 1. The average Bonchev–Trinajstić information content (AvgIpc) is 2.13. The maximum absolute atomic E-state index is 10.1. The lowest BCUT2D eigenvalue weighted by molar-refractivity contribution is -0.0979. The van der Waals surface area contributed by atoms with Crippen LogP contribution in [0.15, 0.2) is 18.2 Å². The van der Waals surface area contributed by atoms with E-state index in [1.807, 2.05) is 6.79 Å². The summed E-state index contributed by atoms with van der Waals surface area (Å²) in [6.45, 7) is 2.00. The van der Waals surface area contributed by atoms with E-state index in [1.165, 1.54) is 18.2 Å². The van der Waals surface area contributed by atoms with E-state index >= 15 is 0 Å². The molecule has 0 aliphatic rings. The standard InChI is InChI=1S/C7H6O3.CH2O/c8-4-5-2-1-3-6(9)7(5)10;1-2/h1-4,9-10H;1H2.